The lowest BCUT2D eigenvalue weighted by atomic mass is 10.0. The van der Waals surface area contributed by atoms with Gasteiger partial charge in [0.1, 0.15) is 5.56 Å². The number of halogens is 6. The molecule has 17 heteroatoms. The minimum atomic E-state index is -4.87. The smallest absolute Gasteiger partial charge is 0.382 e. The summed E-state index contributed by atoms with van der Waals surface area (Å²) in [6, 6.07) is 2.59. The number of amidine groups is 1. The van der Waals surface area contributed by atoms with E-state index in [1.165, 1.54) is 11.0 Å². The van der Waals surface area contributed by atoms with Crippen LogP contribution in [0.5, 0.6) is 0 Å². The molecule has 3 rings (SSSR count). The summed E-state index contributed by atoms with van der Waals surface area (Å²) in [6.07, 6.45) is -7.77. The largest absolute Gasteiger partial charge is 0.439 e. The van der Waals surface area contributed by atoms with Crippen molar-refractivity contribution >= 4 is 39.3 Å². The van der Waals surface area contributed by atoms with Crippen LogP contribution in [0, 0.1) is 20.9 Å². The Balaban J connectivity index is 1.36. The summed E-state index contributed by atoms with van der Waals surface area (Å²) in [6.45, 7) is 3.19. The van der Waals surface area contributed by atoms with Crippen LogP contribution in [0.2, 0.25) is 0 Å². The second-order valence-electron chi connectivity index (χ2n) is 9.45. The van der Waals surface area contributed by atoms with Crippen LogP contribution in [0.15, 0.2) is 18.2 Å². The third-order valence-corrected chi connectivity index (χ3v) is 7.58. The summed E-state index contributed by atoms with van der Waals surface area (Å²) < 4.78 is 77.2. The Labute approximate surface area is 230 Å². The molecule has 0 aromatic heterocycles. The van der Waals surface area contributed by atoms with Crippen LogP contribution in [0.1, 0.15) is 31.2 Å². The Morgan fingerprint density at radius 2 is 1.65 bits per heavy atom. The number of thioether (sulfide) groups is 1. The average Bonchev–Trinajstić information content (AvgIpc) is 2.88. The van der Waals surface area contributed by atoms with Gasteiger partial charge in [0.15, 0.2) is 10.2 Å². The van der Waals surface area contributed by atoms with Gasteiger partial charge in [-0.3, -0.25) is 30.6 Å². The van der Waals surface area contributed by atoms with Gasteiger partial charge in [-0.1, -0.05) is 0 Å². The van der Waals surface area contributed by atoms with E-state index in [1.54, 1.807) is 4.90 Å². The molecule has 10 nitrogen and oxygen atoms in total. The number of likely N-dealkylation sites (tertiary alicyclic amines) is 1. The van der Waals surface area contributed by atoms with Crippen molar-refractivity contribution in [1.29, 1.82) is 10.8 Å². The maximum atomic E-state index is 13.2. The van der Waals surface area contributed by atoms with Gasteiger partial charge in [0.25, 0.3) is 5.69 Å². The van der Waals surface area contributed by atoms with E-state index in [-0.39, 0.29) is 34.6 Å². The highest BCUT2D eigenvalue weighted by atomic mass is 32.2. The molecular formula is C23H29F6N7O3S. The maximum absolute atomic E-state index is 13.2. The van der Waals surface area contributed by atoms with Crippen molar-refractivity contribution < 1.29 is 36.1 Å². The van der Waals surface area contributed by atoms with Gasteiger partial charge in [0, 0.05) is 63.5 Å². The lowest BCUT2D eigenvalue weighted by molar-refractivity contribution is -0.388. The Morgan fingerprint density at radius 3 is 2.20 bits per heavy atom. The van der Waals surface area contributed by atoms with E-state index in [4.69, 9.17) is 10.8 Å². The topological polar surface area (TPSA) is 130 Å². The highest BCUT2D eigenvalue weighted by Crippen LogP contribution is 2.38. The van der Waals surface area contributed by atoms with Crippen LogP contribution in [0.3, 0.4) is 0 Å². The van der Waals surface area contributed by atoms with Crippen molar-refractivity contribution in [1.82, 2.24) is 14.7 Å². The normalized spacial score (nSPS) is 17.6. The van der Waals surface area contributed by atoms with Gasteiger partial charge in [0.05, 0.1) is 4.92 Å². The van der Waals surface area contributed by atoms with Gasteiger partial charge in [0.2, 0.25) is 5.91 Å². The van der Waals surface area contributed by atoms with E-state index < -0.39 is 33.6 Å². The number of rotatable bonds is 7. The second-order valence-corrected chi connectivity index (χ2v) is 10.5. The standard InChI is InChI=1S/C23H29F6N7O3S/c24-22(25,26)17-14-16(3-4-18(17)36(38)39)32-15-5-8-34(9-6-15)19(37)2-1-7-33-10-12-35(13-11-33)21(31)40-20(30)23(27,28)29/h3-4,14-15,30-32H,1-2,5-13H2. The molecule has 1 aromatic rings. The number of anilines is 1. The number of nitro groups is 1. The van der Waals surface area contributed by atoms with Crippen molar-refractivity contribution in [2.45, 2.75) is 44.1 Å². The molecule has 2 heterocycles. The first-order chi connectivity index (χ1) is 18.6. The number of amides is 1. The van der Waals surface area contributed by atoms with E-state index in [0.717, 1.165) is 12.1 Å². The Hall–Kier alpha value is -3.08. The first-order valence-corrected chi connectivity index (χ1v) is 13.3. The summed E-state index contributed by atoms with van der Waals surface area (Å²) in [4.78, 5) is 27.7. The summed E-state index contributed by atoms with van der Waals surface area (Å²) in [7, 11) is 0. The van der Waals surface area contributed by atoms with Crippen LogP contribution in [0.25, 0.3) is 0 Å². The molecule has 0 radical (unpaired) electrons. The molecule has 2 aliphatic rings. The monoisotopic (exact) mass is 597 g/mol. The molecule has 222 valence electrons. The van der Waals surface area contributed by atoms with Crippen LogP contribution in [-0.4, -0.2) is 93.8 Å². The number of alkyl halides is 6. The zero-order valence-corrected chi connectivity index (χ0v) is 22.1. The SMILES string of the molecule is N=C(SC(=N)C(F)(F)F)N1CCN(CCCC(=O)N2CCC(Nc3ccc([N+](=O)[O-])c(C(F)(F)F)c3)CC2)CC1. The lowest BCUT2D eigenvalue weighted by Gasteiger charge is -2.36. The Bertz CT molecular complexity index is 1100. The average molecular weight is 598 g/mol. The van der Waals surface area contributed by atoms with Crippen LogP contribution >= 0.6 is 11.8 Å². The highest BCUT2D eigenvalue weighted by molar-refractivity contribution is 8.26. The predicted molar refractivity (Wildman–Crippen MR) is 138 cm³/mol. The number of nitrogens with zero attached hydrogens (tertiary/aromatic N) is 4. The van der Waals surface area contributed by atoms with E-state index >= 15 is 0 Å². The zero-order chi connectivity index (χ0) is 29.7. The fourth-order valence-electron chi connectivity index (χ4n) is 4.53. The molecule has 2 fully saturated rings. The van der Waals surface area contributed by atoms with E-state index in [1.807, 2.05) is 0 Å². The number of benzene rings is 1. The molecule has 0 bridgehead atoms. The first kappa shape index (κ1) is 31.4. The highest BCUT2D eigenvalue weighted by Gasteiger charge is 2.39. The maximum Gasteiger partial charge on any atom is 0.439 e. The molecule has 0 atom stereocenters. The van der Waals surface area contributed by atoms with Crippen molar-refractivity contribution in [2.75, 3.05) is 51.1 Å². The summed E-state index contributed by atoms with van der Waals surface area (Å²) >= 11 is 0.0801. The number of piperazine rings is 1. The number of nitro benzene ring substituents is 1. The molecule has 0 aliphatic carbocycles. The van der Waals surface area contributed by atoms with E-state index in [2.05, 4.69) is 10.2 Å². The zero-order valence-electron chi connectivity index (χ0n) is 21.3. The van der Waals surface area contributed by atoms with Crippen LogP contribution < -0.4 is 5.32 Å². The molecule has 1 amide bonds. The first-order valence-electron chi connectivity index (χ1n) is 12.4. The summed E-state index contributed by atoms with van der Waals surface area (Å²) in [5.41, 5.74) is -2.22. The van der Waals surface area contributed by atoms with Gasteiger partial charge in [-0.2, -0.15) is 26.3 Å². The molecule has 2 saturated heterocycles. The second kappa shape index (κ2) is 13.1. The predicted octanol–water partition coefficient (Wildman–Crippen LogP) is 4.62. The minimum Gasteiger partial charge on any atom is -0.382 e. The molecule has 0 saturated carbocycles. The van der Waals surface area contributed by atoms with Gasteiger partial charge in [-0.05, 0) is 49.7 Å². The summed E-state index contributed by atoms with van der Waals surface area (Å²) in [5, 5.41) is 26.9. The quantitative estimate of drug-likeness (QED) is 0.138. The molecule has 3 N–H and O–H groups in total. The van der Waals surface area contributed by atoms with Crippen LogP contribution in [0.4, 0.5) is 37.7 Å². The van der Waals surface area contributed by atoms with E-state index in [9.17, 15) is 41.3 Å². The number of hydrogen-bond donors (Lipinski definition) is 3. The fourth-order valence-corrected chi connectivity index (χ4v) is 5.15. The summed E-state index contributed by atoms with van der Waals surface area (Å²) in [5.74, 6) is -0.0457. The Morgan fingerprint density at radius 1 is 1.02 bits per heavy atom. The number of nitrogens with one attached hydrogen (secondary N) is 3. The van der Waals surface area contributed by atoms with Gasteiger partial charge in [-0.15, -0.1) is 0 Å². The van der Waals surface area contributed by atoms with Crippen molar-refractivity contribution in [2.24, 2.45) is 0 Å². The fraction of sp³-hybridized carbons (Fsp3) is 0.609. The Kier molecular flexibility index (Phi) is 10.3. The number of hydrogen-bond acceptors (Lipinski definition) is 8. The minimum absolute atomic E-state index is 0.0457. The number of carbonyl (C=O) groups is 1. The van der Waals surface area contributed by atoms with Crippen LogP contribution in [-0.2, 0) is 11.0 Å². The van der Waals surface area contributed by atoms with Crippen molar-refractivity contribution in [3.05, 3.63) is 33.9 Å². The molecule has 0 unspecified atom stereocenters. The molecule has 2 aliphatic heterocycles. The number of carbonyl (C=O) groups excluding carboxylic acids is 1. The lowest BCUT2D eigenvalue weighted by Crippen LogP contribution is -2.48. The molecule has 40 heavy (non-hydrogen) atoms. The third-order valence-electron chi connectivity index (χ3n) is 6.70. The molecule has 1 aromatic carbocycles. The van der Waals surface area contributed by atoms with E-state index in [0.29, 0.717) is 71.5 Å². The molecular weight excluding hydrogens is 568 g/mol. The third kappa shape index (κ3) is 8.71. The van der Waals surface area contributed by atoms with Crippen molar-refractivity contribution in [3.8, 4) is 0 Å². The van der Waals surface area contributed by atoms with Gasteiger partial charge < -0.3 is 15.1 Å². The van der Waals surface area contributed by atoms with Gasteiger partial charge in [-0.25, -0.2) is 0 Å². The van der Waals surface area contributed by atoms with Crippen molar-refractivity contribution in [3.63, 3.8) is 0 Å². The molecule has 0 spiro atoms. The number of piperidine rings is 1. The van der Waals surface area contributed by atoms with Gasteiger partial charge >= 0.3 is 12.4 Å².